The molecule has 23 heavy (non-hydrogen) atoms. The molecule has 0 atom stereocenters. The number of rotatable bonds is 5. The number of hydrogen-bond donors (Lipinski definition) is 2. The SMILES string of the molecule is CCNS(=O)(=O)c1cccc(C(=O)NC2CCCCCCC2)c1. The second kappa shape index (κ2) is 8.45. The maximum Gasteiger partial charge on any atom is 0.251 e. The smallest absolute Gasteiger partial charge is 0.251 e. The van der Waals surface area contributed by atoms with Crippen molar-refractivity contribution in [2.24, 2.45) is 0 Å². The van der Waals surface area contributed by atoms with Crippen LogP contribution in [0.3, 0.4) is 0 Å². The van der Waals surface area contributed by atoms with Gasteiger partial charge in [-0.2, -0.15) is 0 Å². The normalized spacial score (nSPS) is 17.3. The predicted octanol–water partition coefficient (Wildman–Crippen LogP) is 2.83. The zero-order chi connectivity index (χ0) is 16.7. The molecule has 5 nitrogen and oxygen atoms in total. The molecular formula is C17H26N2O3S. The Morgan fingerprint density at radius 3 is 2.43 bits per heavy atom. The first kappa shape index (κ1) is 17.9. The van der Waals surface area contributed by atoms with Crippen molar-refractivity contribution in [2.45, 2.75) is 62.8 Å². The molecule has 2 rings (SSSR count). The van der Waals surface area contributed by atoms with E-state index in [1.165, 1.54) is 31.4 Å². The number of carbonyl (C=O) groups excluding carboxylic acids is 1. The lowest BCUT2D eigenvalue weighted by Gasteiger charge is -2.21. The summed E-state index contributed by atoms with van der Waals surface area (Å²) in [7, 11) is -3.54. The van der Waals surface area contributed by atoms with Gasteiger partial charge in [0.25, 0.3) is 5.91 Å². The molecule has 1 amide bonds. The Balaban J connectivity index is 2.07. The van der Waals surface area contributed by atoms with Crippen LogP contribution < -0.4 is 10.0 Å². The third kappa shape index (κ3) is 5.32. The van der Waals surface area contributed by atoms with Gasteiger partial charge in [0.2, 0.25) is 10.0 Å². The van der Waals surface area contributed by atoms with E-state index in [0.717, 1.165) is 25.7 Å². The van der Waals surface area contributed by atoms with Gasteiger partial charge in [-0.3, -0.25) is 4.79 Å². The van der Waals surface area contributed by atoms with E-state index < -0.39 is 10.0 Å². The summed E-state index contributed by atoms with van der Waals surface area (Å²) in [5, 5.41) is 3.06. The Hall–Kier alpha value is -1.40. The number of nitrogens with one attached hydrogen (secondary N) is 2. The Morgan fingerprint density at radius 2 is 1.78 bits per heavy atom. The lowest BCUT2D eigenvalue weighted by Crippen LogP contribution is -2.35. The molecule has 1 saturated carbocycles. The summed E-state index contributed by atoms with van der Waals surface area (Å²) >= 11 is 0. The van der Waals surface area contributed by atoms with Crippen LogP contribution >= 0.6 is 0 Å². The first-order valence-corrected chi connectivity index (χ1v) is 9.92. The van der Waals surface area contributed by atoms with Gasteiger partial charge in [-0.25, -0.2) is 13.1 Å². The molecule has 1 aromatic carbocycles. The number of sulfonamides is 1. The van der Waals surface area contributed by atoms with E-state index in [4.69, 9.17) is 0 Å². The fourth-order valence-electron chi connectivity index (χ4n) is 2.95. The molecule has 0 saturated heterocycles. The lowest BCUT2D eigenvalue weighted by molar-refractivity contribution is 0.0930. The van der Waals surface area contributed by atoms with Crippen LogP contribution in [-0.4, -0.2) is 26.9 Å². The molecule has 0 unspecified atom stereocenters. The van der Waals surface area contributed by atoms with Crippen LogP contribution in [0.25, 0.3) is 0 Å². The molecule has 128 valence electrons. The number of carbonyl (C=O) groups is 1. The molecule has 0 heterocycles. The molecule has 2 N–H and O–H groups in total. The van der Waals surface area contributed by atoms with Crippen molar-refractivity contribution in [3.63, 3.8) is 0 Å². The zero-order valence-electron chi connectivity index (χ0n) is 13.7. The van der Waals surface area contributed by atoms with E-state index in [0.29, 0.717) is 12.1 Å². The highest BCUT2D eigenvalue weighted by molar-refractivity contribution is 7.89. The quantitative estimate of drug-likeness (QED) is 0.867. The predicted molar refractivity (Wildman–Crippen MR) is 90.9 cm³/mol. The van der Waals surface area contributed by atoms with Crippen LogP contribution in [0.15, 0.2) is 29.2 Å². The van der Waals surface area contributed by atoms with Gasteiger partial charge in [0.05, 0.1) is 4.90 Å². The van der Waals surface area contributed by atoms with Crippen molar-refractivity contribution in [3.05, 3.63) is 29.8 Å². The summed E-state index contributed by atoms with van der Waals surface area (Å²) in [6.45, 7) is 2.05. The van der Waals surface area contributed by atoms with Crippen LogP contribution in [0.1, 0.15) is 62.2 Å². The van der Waals surface area contributed by atoms with Gasteiger partial charge in [-0.05, 0) is 31.0 Å². The van der Waals surface area contributed by atoms with Crippen molar-refractivity contribution < 1.29 is 13.2 Å². The second-order valence-corrected chi connectivity index (χ2v) is 7.81. The highest BCUT2D eigenvalue weighted by Gasteiger charge is 2.18. The summed E-state index contributed by atoms with van der Waals surface area (Å²) < 4.78 is 26.5. The Morgan fingerprint density at radius 1 is 1.13 bits per heavy atom. The maximum absolute atomic E-state index is 12.4. The average molecular weight is 338 g/mol. The third-order valence-corrected chi connectivity index (χ3v) is 5.72. The van der Waals surface area contributed by atoms with Gasteiger partial charge in [-0.15, -0.1) is 0 Å². The maximum atomic E-state index is 12.4. The Bertz CT molecular complexity index is 620. The van der Waals surface area contributed by atoms with Gasteiger partial charge < -0.3 is 5.32 Å². The van der Waals surface area contributed by atoms with Crippen molar-refractivity contribution in [1.29, 1.82) is 0 Å². The molecule has 0 aromatic heterocycles. The number of amides is 1. The summed E-state index contributed by atoms with van der Waals surface area (Å²) in [4.78, 5) is 12.6. The topological polar surface area (TPSA) is 75.3 Å². The van der Waals surface area contributed by atoms with E-state index in [1.54, 1.807) is 19.1 Å². The first-order valence-electron chi connectivity index (χ1n) is 8.43. The monoisotopic (exact) mass is 338 g/mol. The molecule has 0 spiro atoms. The minimum Gasteiger partial charge on any atom is -0.349 e. The van der Waals surface area contributed by atoms with Gasteiger partial charge in [0.15, 0.2) is 0 Å². The van der Waals surface area contributed by atoms with Crippen LogP contribution in [0.5, 0.6) is 0 Å². The summed E-state index contributed by atoms with van der Waals surface area (Å²) in [6, 6.07) is 6.40. The van der Waals surface area contributed by atoms with Crippen LogP contribution in [0.4, 0.5) is 0 Å². The van der Waals surface area contributed by atoms with Crippen molar-refractivity contribution in [2.75, 3.05) is 6.54 Å². The fraction of sp³-hybridized carbons (Fsp3) is 0.588. The first-order chi connectivity index (χ1) is 11.0. The largest absolute Gasteiger partial charge is 0.349 e. The van der Waals surface area contributed by atoms with Gasteiger partial charge in [-0.1, -0.05) is 45.1 Å². The minimum absolute atomic E-state index is 0.129. The third-order valence-electron chi connectivity index (χ3n) is 4.18. The minimum atomic E-state index is -3.54. The highest BCUT2D eigenvalue weighted by atomic mass is 32.2. The van der Waals surface area contributed by atoms with Crippen LogP contribution in [0, 0.1) is 0 Å². The van der Waals surface area contributed by atoms with Crippen LogP contribution in [-0.2, 0) is 10.0 Å². The average Bonchev–Trinajstić information content (AvgIpc) is 2.50. The molecule has 6 heteroatoms. The molecule has 0 radical (unpaired) electrons. The Kier molecular flexibility index (Phi) is 6.59. The van der Waals surface area contributed by atoms with E-state index in [9.17, 15) is 13.2 Å². The molecule has 0 aliphatic heterocycles. The number of hydrogen-bond acceptors (Lipinski definition) is 3. The highest BCUT2D eigenvalue weighted by Crippen LogP contribution is 2.18. The summed E-state index contributed by atoms with van der Waals surface area (Å²) in [5.41, 5.74) is 0.394. The summed E-state index contributed by atoms with van der Waals surface area (Å²) in [5.74, 6) is -0.191. The standard InChI is InChI=1S/C17H26N2O3S/c1-2-18-23(21,22)16-12-8-9-14(13-16)17(20)19-15-10-6-4-3-5-7-11-15/h8-9,12-13,15,18H,2-7,10-11H2,1H3,(H,19,20). The van der Waals surface area contributed by atoms with E-state index in [1.807, 2.05) is 0 Å². The zero-order valence-corrected chi connectivity index (χ0v) is 14.5. The van der Waals surface area contributed by atoms with Crippen LogP contribution in [0.2, 0.25) is 0 Å². The lowest BCUT2D eigenvalue weighted by atomic mass is 9.96. The van der Waals surface area contributed by atoms with E-state index in [2.05, 4.69) is 10.0 Å². The Labute approximate surface area is 138 Å². The van der Waals surface area contributed by atoms with Crippen molar-refractivity contribution in [3.8, 4) is 0 Å². The second-order valence-electron chi connectivity index (χ2n) is 6.04. The molecule has 0 bridgehead atoms. The van der Waals surface area contributed by atoms with Crippen molar-refractivity contribution >= 4 is 15.9 Å². The van der Waals surface area contributed by atoms with E-state index in [-0.39, 0.29) is 16.8 Å². The molecule has 1 fully saturated rings. The molecule has 1 aromatic rings. The van der Waals surface area contributed by atoms with Gasteiger partial charge in [0.1, 0.15) is 0 Å². The molecule has 1 aliphatic rings. The van der Waals surface area contributed by atoms with Gasteiger partial charge >= 0.3 is 0 Å². The molecule has 1 aliphatic carbocycles. The van der Waals surface area contributed by atoms with Crippen molar-refractivity contribution in [1.82, 2.24) is 10.0 Å². The van der Waals surface area contributed by atoms with E-state index >= 15 is 0 Å². The summed E-state index contributed by atoms with van der Waals surface area (Å²) in [6.07, 6.45) is 8.01. The number of benzene rings is 1. The molecular weight excluding hydrogens is 312 g/mol. The fourth-order valence-corrected chi connectivity index (χ4v) is 4.03. The van der Waals surface area contributed by atoms with Gasteiger partial charge in [0, 0.05) is 18.2 Å².